The number of hydrogen-bond donors (Lipinski definition) is 0. The Labute approximate surface area is 162 Å². The van der Waals surface area contributed by atoms with Gasteiger partial charge in [-0.15, -0.1) is 0 Å². The summed E-state index contributed by atoms with van der Waals surface area (Å²) in [5.41, 5.74) is 3.88. The van der Waals surface area contributed by atoms with E-state index in [-0.39, 0.29) is 23.0 Å². The highest BCUT2D eigenvalue weighted by Gasteiger charge is 2.30. The summed E-state index contributed by atoms with van der Waals surface area (Å²) in [6.45, 7) is 2.37. The lowest BCUT2D eigenvalue weighted by atomic mass is 9.98. The van der Waals surface area contributed by atoms with Crippen LogP contribution in [0.4, 0.5) is 13.2 Å². The number of aryl methyl sites for hydroxylation is 3. The van der Waals surface area contributed by atoms with Gasteiger partial charge in [0.15, 0.2) is 11.6 Å². The number of epoxide rings is 1. The smallest absolute Gasteiger partial charge is 0.167 e. The van der Waals surface area contributed by atoms with Crippen LogP contribution in [-0.2, 0) is 24.0 Å². The first-order valence-electron chi connectivity index (χ1n) is 9.53. The molecule has 1 heterocycles. The minimum absolute atomic E-state index is 0.159. The van der Waals surface area contributed by atoms with Crippen molar-refractivity contribution in [2.24, 2.45) is 0 Å². The second kappa shape index (κ2) is 7.80. The van der Waals surface area contributed by atoms with E-state index in [0.29, 0.717) is 18.6 Å². The highest BCUT2D eigenvalue weighted by molar-refractivity contribution is 5.65. The zero-order chi connectivity index (χ0) is 19.7. The van der Waals surface area contributed by atoms with Gasteiger partial charge in [-0.1, -0.05) is 55.5 Å². The van der Waals surface area contributed by atoms with Gasteiger partial charge in [0.2, 0.25) is 0 Å². The van der Waals surface area contributed by atoms with Gasteiger partial charge in [-0.05, 0) is 47.6 Å². The number of halogens is 3. The third kappa shape index (κ3) is 3.83. The van der Waals surface area contributed by atoms with Crippen molar-refractivity contribution in [3.8, 4) is 11.1 Å². The molecule has 0 N–H and O–H groups in total. The molecule has 28 heavy (non-hydrogen) atoms. The van der Waals surface area contributed by atoms with Gasteiger partial charge < -0.3 is 4.74 Å². The summed E-state index contributed by atoms with van der Waals surface area (Å²) >= 11 is 0. The van der Waals surface area contributed by atoms with E-state index in [4.69, 9.17) is 4.74 Å². The van der Waals surface area contributed by atoms with Gasteiger partial charge in [0.1, 0.15) is 11.9 Å². The fourth-order valence-electron chi connectivity index (χ4n) is 3.44. The molecule has 0 radical (unpaired) electrons. The van der Waals surface area contributed by atoms with Crippen LogP contribution in [0.2, 0.25) is 0 Å². The van der Waals surface area contributed by atoms with E-state index in [1.54, 1.807) is 30.3 Å². The van der Waals surface area contributed by atoms with E-state index in [9.17, 15) is 13.2 Å². The second-order valence-corrected chi connectivity index (χ2v) is 7.13. The molecule has 1 aliphatic rings. The quantitative estimate of drug-likeness (QED) is 0.463. The van der Waals surface area contributed by atoms with E-state index >= 15 is 0 Å². The Morgan fingerprint density at radius 3 is 2.18 bits per heavy atom. The van der Waals surface area contributed by atoms with Crippen LogP contribution >= 0.6 is 0 Å². The van der Waals surface area contributed by atoms with Crippen LogP contribution in [0.15, 0.2) is 54.6 Å². The first kappa shape index (κ1) is 18.8. The van der Waals surface area contributed by atoms with Crippen molar-refractivity contribution < 1.29 is 17.9 Å². The number of rotatable bonds is 6. The average molecular weight is 382 g/mol. The molecule has 1 atom stereocenters. The van der Waals surface area contributed by atoms with Crippen LogP contribution in [0, 0.1) is 17.5 Å². The highest BCUT2D eigenvalue weighted by atomic mass is 19.2. The second-order valence-electron chi connectivity index (χ2n) is 7.13. The molecule has 3 aromatic carbocycles. The molecule has 1 saturated heterocycles. The highest BCUT2D eigenvalue weighted by Crippen LogP contribution is 2.35. The molecular weight excluding hydrogens is 361 g/mol. The monoisotopic (exact) mass is 382 g/mol. The molecule has 0 aliphatic carbocycles. The molecule has 4 heteroatoms. The lowest BCUT2D eigenvalue weighted by molar-refractivity contribution is 0.401. The topological polar surface area (TPSA) is 12.5 Å². The molecular formula is C24H21F3O. The summed E-state index contributed by atoms with van der Waals surface area (Å²) in [4.78, 5) is 0. The summed E-state index contributed by atoms with van der Waals surface area (Å²) in [5, 5.41) is 0. The molecule has 0 spiro atoms. The molecule has 0 aromatic heterocycles. The molecule has 1 unspecified atom stereocenters. The third-order valence-corrected chi connectivity index (χ3v) is 5.26. The van der Waals surface area contributed by atoms with Crippen molar-refractivity contribution in [3.05, 3.63) is 94.3 Å². The maximum Gasteiger partial charge on any atom is 0.167 e. The SMILES string of the molecule is CCc1ccc(CCc2ccc(-c3ccc(C4CO4)c(F)c3F)cc2)cc1F. The van der Waals surface area contributed by atoms with E-state index in [2.05, 4.69) is 0 Å². The maximum atomic E-state index is 14.4. The molecule has 1 aliphatic heterocycles. The Kier molecular flexibility index (Phi) is 5.23. The van der Waals surface area contributed by atoms with Gasteiger partial charge in [0.25, 0.3) is 0 Å². The van der Waals surface area contributed by atoms with E-state index in [0.717, 1.165) is 29.5 Å². The van der Waals surface area contributed by atoms with Crippen molar-refractivity contribution in [1.82, 2.24) is 0 Å². The minimum atomic E-state index is -0.841. The standard InChI is InChI=1S/C24H21F3O/c1-2-17-8-7-16(13-21(17)25)4-3-15-5-9-18(10-6-15)19-11-12-20(22-14-28-22)24(27)23(19)26/h5-13,22H,2-4,14H2,1H3. The van der Waals surface area contributed by atoms with Crippen LogP contribution in [0.1, 0.15) is 35.3 Å². The van der Waals surface area contributed by atoms with Crippen LogP contribution in [0.25, 0.3) is 11.1 Å². The Balaban J connectivity index is 1.47. The Morgan fingerprint density at radius 2 is 1.54 bits per heavy atom. The van der Waals surface area contributed by atoms with Crippen LogP contribution < -0.4 is 0 Å². The molecule has 0 saturated carbocycles. The maximum absolute atomic E-state index is 14.4. The lowest BCUT2D eigenvalue weighted by Gasteiger charge is -2.09. The molecule has 3 aromatic rings. The lowest BCUT2D eigenvalue weighted by Crippen LogP contribution is -1.97. The summed E-state index contributed by atoms with van der Waals surface area (Å²) in [7, 11) is 0. The summed E-state index contributed by atoms with van der Waals surface area (Å²) in [5.74, 6) is -1.83. The van der Waals surface area contributed by atoms with Crippen LogP contribution in [0.3, 0.4) is 0 Å². The number of hydrogen-bond acceptors (Lipinski definition) is 1. The molecule has 1 fully saturated rings. The Hall–Kier alpha value is -2.59. The first-order chi connectivity index (χ1) is 13.6. The van der Waals surface area contributed by atoms with Crippen LogP contribution in [0.5, 0.6) is 0 Å². The fourth-order valence-corrected chi connectivity index (χ4v) is 3.44. The third-order valence-electron chi connectivity index (χ3n) is 5.26. The molecule has 0 amide bonds. The molecule has 144 valence electrons. The van der Waals surface area contributed by atoms with Gasteiger partial charge in [0, 0.05) is 11.1 Å². The molecule has 0 bridgehead atoms. The molecule has 4 rings (SSSR count). The largest absolute Gasteiger partial charge is 0.368 e. The predicted molar refractivity (Wildman–Crippen MR) is 104 cm³/mol. The van der Waals surface area contributed by atoms with Crippen molar-refractivity contribution in [1.29, 1.82) is 0 Å². The van der Waals surface area contributed by atoms with E-state index in [1.165, 1.54) is 0 Å². The first-order valence-corrected chi connectivity index (χ1v) is 9.53. The minimum Gasteiger partial charge on any atom is -0.368 e. The fraction of sp³-hybridized carbons (Fsp3) is 0.250. The zero-order valence-electron chi connectivity index (χ0n) is 15.6. The normalized spacial score (nSPS) is 15.6. The number of benzene rings is 3. The summed E-state index contributed by atoms with van der Waals surface area (Å²) < 4.78 is 47.6. The van der Waals surface area contributed by atoms with E-state index in [1.807, 2.05) is 31.2 Å². The summed E-state index contributed by atoms with van der Waals surface area (Å²) in [6.07, 6.45) is 1.83. The van der Waals surface area contributed by atoms with Crippen LogP contribution in [-0.4, -0.2) is 6.61 Å². The van der Waals surface area contributed by atoms with Crippen molar-refractivity contribution in [2.45, 2.75) is 32.3 Å². The van der Waals surface area contributed by atoms with Gasteiger partial charge >= 0.3 is 0 Å². The Bertz CT molecular complexity index is 991. The number of ether oxygens (including phenoxy) is 1. The van der Waals surface area contributed by atoms with Crippen molar-refractivity contribution >= 4 is 0 Å². The molecule has 1 nitrogen and oxygen atoms in total. The van der Waals surface area contributed by atoms with Gasteiger partial charge in [-0.25, -0.2) is 13.2 Å². The van der Waals surface area contributed by atoms with Gasteiger partial charge in [-0.3, -0.25) is 0 Å². The van der Waals surface area contributed by atoms with Crippen molar-refractivity contribution in [3.63, 3.8) is 0 Å². The van der Waals surface area contributed by atoms with Gasteiger partial charge in [-0.2, -0.15) is 0 Å². The predicted octanol–water partition coefficient (Wildman–Crippen LogP) is 6.19. The summed E-state index contributed by atoms with van der Waals surface area (Å²) in [6, 6.07) is 16.0. The van der Waals surface area contributed by atoms with Crippen molar-refractivity contribution in [2.75, 3.05) is 6.61 Å². The Morgan fingerprint density at radius 1 is 0.857 bits per heavy atom. The van der Waals surface area contributed by atoms with Gasteiger partial charge in [0.05, 0.1) is 6.61 Å². The average Bonchev–Trinajstić information content (AvgIpc) is 3.54. The van der Waals surface area contributed by atoms with E-state index < -0.39 is 11.6 Å². The zero-order valence-corrected chi connectivity index (χ0v) is 15.6.